The van der Waals surface area contributed by atoms with Crippen LogP contribution in [0, 0.1) is 13.8 Å². The standard InChI is InChI=1S/C14H16ClN3O/c1-9-13(15)16-10(2)17-14(9)18(11-5-6-11)8-12-4-3-7-19-12/h3-4,7,11H,5-6,8H2,1-2H3. The van der Waals surface area contributed by atoms with Gasteiger partial charge in [0.05, 0.1) is 12.8 Å². The zero-order valence-corrected chi connectivity index (χ0v) is 11.8. The molecule has 2 aromatic heterocycles. The van der Waals surface area contributed by atoms with E-state index in [1.807, 2.05) is 26.0 Å². The minimum atomic E-state index is 0.535. The molecule has 4 nitrogen and oxygen atoms in total. The Balaban J connectivity index is 1.96. The maximum atomic E-state index is 6.17. The van der Waals surface area contributed by atoms with E-state index in [4.69, 9.17) is 16.0 Å². The van der Waals surface area contributed by atoms with E-state index in [1.165, 1.54) is 12.8 Å². The highest BCUT2D eigenvalue weighted by atomic mass is 35.5. The average Bonchev–Trinajstić information content (AvgIpc) is 3.09. The molecular weight excluding hydrogens is 262 g/mol. The minimum Gasteiger partial charge on any atom is -0.467 e. The molecule has 5 heteroatoms. The van der Waals surface area contributed by atoms with Crippen LogP contribution in [0.15, 0.2) is 22.8 Å². The molecule has 0 aliphatic heterocycles. The molecule has 0 saturated heterocycles. The van der Waals surface area contributed by atoms with Crippen molar-refractivity contribution < 1.29 is 4.42 Å². The Morgan fingerprint density at radius 3 is 2.79 bits per heavy atom. The zero-order valence-electron chi connectivity index (χ0n) is 11.1. The minimum absolute atomic E-state index is 0.535. The first kappa shape index (κ1) is 12.5. The highest BCUT2D eigenvalue weighted by molar-refractivity contribution is 6.30. The molecule has 0 radical (unpaired) electrons. The van der Waals surface area contributed by atoms with Gasteiger partial charge in [0, 0.05) is 11.6 Å². The van der Waals surface area contributed by atoms with Crippen molar-refractivity contribution in [3.8, 4) is 0 Å². The Hall–Kier alpha value is -1.55. The van der Waals surface area contributed by atoms with Crippen LogP contribution in [0.3, 0.4) is 0 Å². The van der Waals surface area contributed by atoms with Crippen LogP contribution in [-0.2, 0) is 6.54 Å². The van der Waals surface area contributed by atoms with Crippen LogP contribution in [-0.4, -0.2) is 16.0 Å². The largest absolute Gasteiger partial charge is 0.467 e. The lowest BCUT2D eigenvalue weighted by molar-refractivity contribution is 0.500. The summed E-state index contributed by atoms with van der Waals surface area (Å²) >= 11 is 6.17. The van der Waals surface area contributed by atoms with E-state index in [2.05, 4.69) is 14.9 Å². The predicted octanol–water partition coefficient (Wildman–Crippen LogP) is 3.51. The number of rotatable bonds is 4. The summed E-state index contributed by atoms with van der Waals surface area (Å²) in [5.41, 5.74) is 0.936. The van der Waals surface area contributed by atoms with E-state index < -0.39 is 0 Å². The third kappa shape index (κ3) is 2.59. The smallest absolute Gasteiger partial charge is 0.137 e. The van der Waals surface area contributed by atoms with Gasteiger partial charge in [-0.25, -0.2) is 9.97 Å². The Morgan fingerprint density at radius 1 is 1.37 bits per heavy atom. The van der Waals surface area contributed by atoms with Crippen molar-refractivity contribution in [2.45, 2.75) is 39.3 Å². The molecule has 19 heavy (non-hydrogen) atoms. The molecule has 2 heterocycles. The van der Waals surface area contributed by atoms with Gasteiger partial charge in [-0.15, -0.1) is 0 Å². The summed E-state index contributed by atoms with van der Waals surface area (Å²) in [5.74, 6) is 2.57. The summed E-state index contributed by atoms with van der Waals surface area (Å²) in [4.78, 5) is 11.0. The van der Waals surface area contributed by atoms with Gasteiger partial charge in [0.1, 0.15) is 22.6 Å². The first-order valence-electron chi connectivity index (χ1n) is 6.45. The van der Waals surface area contributed by atoms with Gasteiger partial charge >= 0.3 is 0 Å². The number of hydrogen-bond acceptors (Lipinski definition) is 4. The van der Waals surface area contributed by atoms with Crippen molar-refractivity contribution in [1.82, 2.24) is 9.97 Å². The summed E-state index contributed by atoms with van der Waals surface area (Å²) in [6.45, 7) is 4.56. The van der Waals surface area contributed by atoms with Gasteiger partial charge in [-0.2, -0.15) is 0 Å². The number of aromatic nitrogens is 2. The molecule has 0 atom stereocenters. The maximum Gasteiger partial charge on any atom is 0.137 e. The topological polar surface area (TPSA) is 42.2 Å². The van der Waals surface area contributed by atoms with E-state index in [1.54, 1.807) is 6.26 Å². The summed E-state index contributed by atoms with van der Waals surface area (Å²) in [7, 11) is 0. The molecule has 0 N–H and O–H groups in total. The summed E-state index contributed by atoms with van der Waals surface area (Å²) < 4.78 is 5.45. The van der Waals surface area contributed by atoms with Crippen LogP contribution in [0.25, 0.3) is 0 Å². The van der Waals surface area contributed by atoms with E-state index >= 15 is 0 Å². The highest BCUT2D eigenvalue weighted by Crippen LogP contribution is 2.35. The van der Waals surface area contributed by atoms with E-state index in [9.17, 15) is 0 Å². The predicted molar refractivity (Wildman–Crippen MR) is 74.4 cm³/mol. The van der Waals surface area contributed by atoms with Gasteiger partial charge in [-0.05, 0) is 38.8 Å². The van der Waals surface area contributed by atoms with Gasteiger partial charge in [0.2, 0.25) is 0 Å². The summed E-state index contributed by atoms with van der Waals surface area (Å²) in [6, 6.07) is 4.43. The molecule has 0 amide bonds. The van der Waals surface area contributed by atoms with Gasteiger partial charge < -0.3 is 9.32 Å². The molecule has 0 bridgehead atoms. The molecule has 3 rings (SSSR count). The average molecular weight is 278 g/mol. The Labute approximate surface area is 117 Å². The number of nitrogens with zero attached hydrogens (tertiary/aromatic N) is 3. The second kappa shape index (κ2) is 4.85. The van der Waals surface area contributed by atoms with Crippen LogP contribution < -0.4 is 4.90 Å². The number of aryl methyl sites for hydroxylation is 1. The SMILES string of the molecule is Cc1nc(Cl)c(C)c(N(Cc2ccco2)C2CC2)n1. The normalized spacial score (nSPS) is 14.7. The lowest BCUT2D eigenvalue weighted by atomic mass is 10.3. The third-order valence-electron chi connectivity index (χ3n) is 3.34. The third-order valence-corrected chi connectivity index (χ3v) is 3.71. The summed E-state index contributed by atoms with van der Waals surface area (Å²) in [5, 5.41) is 0.535. The van der Waals surface area contributed by atoms with Gasteiger partial charge in [0.15, 0.2) is 0 Å². The first-order valence-corrected chi connectivity index (χ1v) is 6.82. The van der Waals surface area contributed by atoms with Crippen molar-refractivity contribution in [3.05, 3.63) is 40.7 Å². The number of hydrogen-bond donors (Lipinski definition) is 0. The summed E-state index contributed by atoms with van der Waals surface area (Å²) in [6.07, 6.45) is 4.09. The molecule has 0 unspecified atom stereocenters. The molecule has 1 saturated carbocycles. The number of halogens is 1. The van der Waals surface area contributed by atoms with Gasteiger partial charge in [-0.3, -0.25) is 0 Å². The molecule has 0 spiro atoms. The molecule has 1 fully saturated rings. The lowest BCUT2D eigenvalue weighted by Crippen LogP contribution is -2.27. The van der Waals surface area contributed by atoms with Crippen molar-refractivity contribution in [3.63, 3.8) is 0 Å². The van der Waals surface area contributed by atoms with Crippen LogP contribution in [0.1, 0.15) is 30.0 Å². The highest BCUT2D eigenvalue weighted by Gasteiger charge is 2.32. The van der Waals surface area contributed by atoms with Crippen molar-refractivity contribution >= 4 is 17.4 Å². The van der Waals surface area contributed by atoms with E-state index in [0.717, 1.165) is 23.7 Å². The fourth-order valence-corrected chi connectivity index (χ4v) is 2.40. The van der Waals surface area contributed by atoms with Crippen molar-refractivity contribution in [2.24, 2.45) is 0 Å². The van der Waals surface area contributed by atoms with Crippen LogP contribution in [0.5, 0.6) is 0 Å². The first-order chi connectivity index (χ1) is 9.15. The van der Waals surface area contributed by atoms with E-state index in [0.29, 0.717) is 17.0 Å². The fraction of sp³-hybridized carbons (Fsp3) is 0.429. The molecule has 2 aromatic rings. The second-order valence-corrected chi connectivity index (χ2v) is 5.31. The molecule has 1 aliphatic carbocycles. The van der Waals surface area contributed by atoms with Gasteiger partial charge in [0.25, 0.3) is 0 Å². The van der Waals surface area contributed by atoms with Gasteiger partial charge in [-0.1, -0.05) is 11.6 Å². The Kier molecular flexibility index (Phi) is 3.19. The van der Waals surface area contributed by atoms with Crippen LogP contribution in [0.2, 0.25) is 5.15 Å². The quantitative estimate of drug-likeness (QED) is 0.802. The number of anilines is 1. The van der Waals surface area contributed by atoms with Crippen molar-refractivity contribution in [2.75, 3.05) is 4.90 Å². The Bertz CT molecular complexity index is 579. The molecule has 0 aromatic carbocycles. The van der Waals surface area contributed by atoms with E-state index in [-0.39, 0.29) is 0 Å². The van der Waals surface area contributed by atoms with Crippen LogP contribution in [0.4, 0.5) is 5.82 Å². The number of furan rings is 1. The molecular formula is C14H16ClN3O. The second-order valence-electron chi connectivity index (χ2n) is 4.95. The Morgan fingerprint density at radius 2 is 2.16 bits per heavy atom. The fourth-order valence-electron chi connectivity index (χ4n) is 2.19. The molecule has 100 valence electrons. The molecule has 1 aliphatic rings. The maximum absolute atomic E-state index is 6.17. The van der Waals surface area contributed by atoms with Crippen LogP contribution >= 0.6 is 11.6 Å². The zero-order chi connectivity index (χ0) is 13.4. The monoisotopic (exact) mass is 277 g/mol. The van der Waals surface area contributed by atoms with Crippen molar-refractivity contribution in [1.29, 1.82) is 0 Å². The lowest BCUT2D eigenvalue weighted by Gasteiger charge is -2.24.